The van der Waals surface area contributed by atoms with Crippen LogP contribution >= 0.6 is 0 Å². The molecular formula is C16H21N5O2. The number of anilines is 1. The predicted molar refractivity (Wildman–Crippen MR) is 86.7 cm³/mol. The predicted octanol–water partition coefficient (Wildman–Crippen LogP) is 1.08. The highest BCUT2D eigenvalue weighted by Crippen LogP contribution is 2.38. The summed E-state index contributed by atoms with van der Waals surface area (Å²) >= 11 is 0. The third-order valence-corrected chi connectivity index (χ3v) is 4.23. The number of nitrogens with zero attached hydrogens (tertiary/aromatic N) is 4. The minimum atomic E-state index is -0.108. The van der Waals surface area contributed by atoms with Crippen molar-refractivity contribution in [3.8, 4) is 11.3 Å². The molecule has 0 spiro atoms. The zero-order chi connectivity index (χ0) is 16.6. The van der Waals surface area contributed by atoms with E-state index in [2.05, 4.69) is 10.3 Å². The highest BCUT2D eigenvalue weighted by molar-refractivity contribution is 5.94. The monoisotopic (exact) mass is 315 g/mol. The molecule has 3 rings (SSSR count). The first-order valence-electron chi connectivity index (χ1n) is 7.72. The van der Waals surface area contributed by atoms with Crippen molar-refractivity contribution >= 4 is 11.6 Å². The maximum atomic E-state index is 11.9. The van der Waals surface area contributed by atoms with Crippen LogP contribution in [0, 0.1) is 0 Å². The smallest absolute Gasteiger partial charge is 0.224 e. The number of carbonyl (C=O) groups excluding carboxylic acids is 1. The van der Waals surface area contributed by atoms with Crippen LogP contribution in [0.5, 0.6) is 0 Å². The third kappa shape index (κ3) is 2.85. The number of hydrogen-bond donors (Lipinski definition) is 2. The molecule has 1 aromatic heterocycles. The van der Waals surface area contributed by atoms with Crippen LogP contribution in [0.4, 0.5) is 5.69 Å². The van der Waals surface area contributed by atoms with E-state index in [0.29, 0.717) is 6.54 Å². The number of nitrogens with two attached hydrogens (primary N) is 1. The summed E-state index contributed by atoms with van der Waals surface area (Å²) in [6.07, 6.45) is 2.52. The van der Waals surface area contributed by atoms with Crippen LogP contribution < -0.4 is 10.6 Å². The molecule has 1 amide bonds. The van der Waals surface area contributed by atoms with Crippen molar-refractivity contribution in [3.05, 3.63) is 30.0 Å². The average molecular weight is 315 g/mol. The first kappa shape index (κ1) is 15.6. The van der Waals surface area contributed by atoms with Gasteiger partial charge in [0.2, 0.25) is 5.91 Å². The van der Waals surface area contributed by atoms with Crippen molar-refractivity contribution in [2.45, 2.75) is 38.9 Å². The number of fused-ring (bicyclic) bond motifs is 1. The summed E-state index contributed by atoms with van der Waals surface area (Å²) in [7, 11) is 0. The maximum Gasteiger partial charge on any atom is 0.224 e. The second-order valence-corrected chi connectivity index (χ2v) is 5.94. The van der Waals surface area contributed by atoms with E-state index in [1.807, 2.05) is 25.1 Å². The molecule has 2 heterocycles. The number of aliphatic hydroxyl groups excluding tert-OH is 1. The van der Waals surface area contributed by atoms with E-state index in [1.165, 1.54) is 0 Å². The van der Waals surface area contributed by atoms with Gasteiger partial charge in [0.15, 0.2) is 0 Å². The molecule has 23 heavy (non-hydrogen) atoms. The van der Waals surface area contributed by atoms with Gasteiger partial charge in [-0.25, -0.2) is 4.68 Å². The van der Waals surface area contributed by atoms with Gasteiger partial charge in [-0.1, -0.05) is 11.3 Å². The maximum absolute atomic E-state index is 11.9. The van der Waals surface area contributed by atoms with E-state index in [4.69, 9.17) is 10.8 Å². The van der Waals surface area contributed by atoms with Gasteiger partial charge in [-0.2, -0.15) is 0 Å². The SMILES string of the molecule is CC(=O)N1c2ccc(-c3cn(CCO)nn3)cc2C(N)CC1C. The second-order valence-electron chi connectivity index (χ2n) is 5.94. The average Bonchev–Trinajstić information content (AvgIpc) is 2.95. The molecule has 0 saturated heterocycles. The van der Waals surface area contributed by atoms with E-state index in [0.717, 1.165) is 28.9 Å². The minimum Gasteiger partial charge on any atom is -0.394 e. The standard InChI is InChI=1S/C16H21N5O2/c1-10-7-14(17)13-8-12(3-4-16(13)21(10)11(2)23)15-9-20(5-6-22)19-18-15/h3-4,8-10,14,22H,5-7,17H2,1-2H3. The number of hydrogen-bond acceptors (Lipinski definition) is 5. The molecule has 0 saturated carbocycles. The molecule has 7 nitrogen and oxygen atoms in total. The third-order valence-electron chi connectivity index (χ3n) is 4.23. The summed E-state index contributed by atoms with van der Waals surface area (Å²) in [5.74, 6) is 0.0206. The fourth-order valence-corrected chi connectivity index (χ4v) is 3.19. The summed E-state index contributed by atoms with van der Waals surface area (Å²) in [5, 5.41) is 17.1. The molecule has 2 aromatic rings. The summed E-state index contributed by atoms with van der Waals surface area (Å²) in [6.45, 7) is 4.01. The van der Waals surface area contributed by atoms with Crippen molar-refractivity contribution in [3.63, 3.8) is 0 Å². The lowest BCUT2D eigenvalue weighted by Gasteiger charge is -2.37. The van der Waals surface area contributed by atoms with Gasteiger partial charge in [-0.05, 0) is 31.0 Å². The zero-order valence-electron chi connectivity index (χ0n) is 13.3. The summed E-state index contributed by atoms with van der Waals surface area (Å²) in [4.78, 5) is 13.7. The molecule has 1 aliphatic rings. The van der Waals surface area contributed by atoms with E-state index < -0.39 is 0 Å². The van der Waals surface area contributed by atoms with Gasteiger partial charge in [-0.15, -0.1) is 5.10 Å². The first-order valence-corrected chi connectivity index (χ1v) is 7.72. The van der Waals surface area contributed by atoms with Gasteiger partial charge in [0.1, 0.15) is 5.69 Å². The number of benzene rings is 1. The fourth-order valence-electron chi connectivity index (χ4n) is 3.19. The number of carbonyl (C=O) groups is 1. The first-order chi connectivity index (χ1) is 11.0. The Balaban J connectivity index is 2.00. The normalized spacial score (nSPS) is 20.4. The van der Waals surface area contributed by atoms with Crippen LogP contribution in [0.25, 0.3) is 11.3 Å². The van der Waals surface area contributed by atoms with E-state index >= 15 is 0 Å². The van der Waals surface area contributed by atoms with Gasteiger partial charge in [0.25, 0.3) is 0 Å². The van der Waals surface area contributed by atoms with Gasteiger partial charge in [0.05, 0.1) is 19.3 Å². The van der Waals surface area contributed by atoms with Crippen LogP contribution in [0.15, 0.2) is 24.4 Å². The Labute approximate surface area is 134 Å². The molecule has 2 atom stereocenters. The molecule has 1 aliphatic heterocycles. The molecule has 0 radical (unpaired) electrons. The number of rotatable bonds is 3. The molecule has 0 aliphatic carbocycles. The number of aliphatic hydroxyl groups is 1. The Kier molecular flexibility index (Phi) is 4.14. The van der Waals surface area contributed by atoms with Crippen molar-refractivity contribution in [2.75, 3.05) is 11.5 Å². The summed E-state index contributed by atoms with van der Waals surface area (Å²) in [5.41, 5.74) is 9.74. The van der Waals surface area contributed by atoms with Crippen LogP contribution in [0.3, 0.4) is 0 Å². The Morgan fingerprint density at radius 2 is 2.26 bits per heavy atom. The molecule has 0 fully saturated rings. The van der Waals surface area contributed by atoms with Gasteiger partial charge in [-0.3, -0.25) is 4.79 Å². The lowest BCUT2D eigenvalue weighted by molar-refractivity contribution is -0.117. The van der Waals surface area contributed by atoms with Gasteiger partial charge < -0.3 is 15.7 Å². The molecule has 7 heteroatoms. The van der Waals surface area contributed by atoms with Gasteiger partial charge in [0, 0.05) is 30.3 Å². The summed E-state index contributed by atoms with van der Waals surface area (Å²) < 4.78 is 1.60. The minimum absolute atomic E-state index is 0.0172. The van der Waals surface area contributed by atoms with Crippen molar-refractivity contribution in [1.29, 1.82) is 0 Å². The lowest BCUT2D eigenvalue weighted by Crippen LogP contribution is -2.43. The van der Waals surface area contributed by atoms with Crippen LogP contribution in [0.2, 0.25) is 0 Å². The number of aromatic nitrogens is 3. The largest absolute Gasteiger partial charge is 0.394 e. The lowest BCUT2D eigenvalue weighted by atomic mass is 9.90. The van der Waals surface area contributed by atoms with Crippen molar-refractivity contribution < 1.29 is 9.90 Å². The van der Waals surface area contributed by atoms with E-state index in [9.17, 15) is 4.79 Å². The van der Waals surface area contributed by atoms with Crippen LogP contribution in [-0.4, -0.2) is 38.7 Å². The topological polar surface area (TPSA) is 97.3 Å². The molecular weight excluding hydrogens is 294 g/mol. The quantitative estimate of drug-likeness (QED) is 0.883. The van der Waals surface area contributed by atoms with Crippen molar-refractivity contribution in [2.24, 2.45) is 5.73 Å². The fraction of sp³-hybridized carbons (Fsp3) is 0.438. The molecule has 0 bridgehead atoms. The highest BCUT2D eigenvalue weighted by Gasteiger charge is 2.30. The zero-order valence-corrected chi connectivity index (χ0v) is 13.3. The van der Waals surface area contributed by atoms with E-state index in [-0.39, 0.29) is 24.6 Å². The van der Waals surface area contributed by atoms with Crippen LogP contribution in [-0.2, 0) is 11.3 Å². The second kappa shape index (κ2) is 6.10. The molecule has 1 aromatic carbocycles. The Morgan fingerprint density at radius 1 is 1.48 bits per heavy atom. The van der Waals surface area contributed by atoms with Gasteiger partial charge >= 0.3 is 0 Å². The van der Waals surface area contributed by atoms with E-state index in [1.54, 1.807) is 22.7 Å². The molecule has 3 N–H and O–H groups in total. The molecule has 122 valence electrons. The Bertz CT molecular complexity index is 727. The molecule has 2 unspecified atom stereocenters. The number of amides is 1. The Hall–Kier alpha value is -2.25. The Morgan fingerprint density at radius 3 is 2.96 bits per heavy atom. The van der Waals surface area contributed by atoms with Crippen molar-refractivity contribution in [1.82, 2.24) is 15.0 Å². The highest BCUT2D eigenvalue weighted by atomic mass is 16.3. The van der Waals surface area contributed by atoms with Crippen LogP contribution in [0.1, 0.15) is 31.9 Å². The summed E-state index contributed by atoms with van der Waals surface area (Å²) in [6, 6.07) is 5.81.